The lowest BCUT2D eigenvalue weighted by molar-refractivity contribution is -0.131. The molecule has 2 rings (SSSR count). The molecule has 1 N–H and O–H groups in total. The van der Waals surface area contributed by atoms with Gasteiger partial charge in [-0.15, -0.1) is 0 Å². The molecule has 1 aliphatic heterocycles. The highest BCUT2D eigenvalue weighted by Gasteiger charge is 2.25. The monoisotopic (exact) mass is 355 g/mol. The predicted molar refractivity (Wildman–Crippen MR) is 85.3 cm³/mol. The second-order valence-corrected chi connectivity index (χ2v) is 6.69. The van der Waals surface area contributed by atoms with Gasteiger partial charge in [-0.05, 0) is 55.6 Å². The average Bonchev–Trinajstić information content (AvgIpc) is 3.06. The van der Waals surface area contributed by atoms with E-state index in [0.29, 0.717) is 5.69 Å². The van der Waals surface area contributed by atoms with Crippen LogP contribution in [-0.4, -0.2) is 40.4 Å². The first-order valence-electron chi connectivity index (χ1n) is 7.37. The molecule has 1 atom stereocenters. The zero-order chi connectivity index (χ0) is 15.6. The number of carbonyl (C=O) groups excluding carboxylic acids is 2. The topological polar surface area (TPSA) is 54.3 Å². The summed E-state index contributed by atoms with van der Waals surface area (Å²) in [4.78, 5) is 26.4. The van der Waals surface area contributed by atoms with Crippen LogP contribution in [0.3, 0.4) is 0 Å². The quantitative estimate of drug-likeness (QED) is 0.902. The van der Waals surface area contributed by atoms with Crippen LogP contribution in [0.4, 0.5) is 0 Å². The van der Waals surface area contributed by atoms with Crippen molar-refractivity contribution in [1.29, 1.82) is 0 Å². The fraction of sp³-hybridized carbons (Fsp3) is 0.600. The van der Waals surface area contributed by atoms with Crippen LogP contribution in [-0.2, 0) is 4.79 Å². The minimum atomic E-state index is -0.495. The van der Waals surface area contributed by atoms with E-state index in [1.807, 2.05) is 29.5 Å². The maximum atomic E-state index is 12.4. The molecule has 21 heavy (non-hydrogen) atoms. The van der Waals surface area contributed by atoms with Gasteiger partial charge >= 0.3 is 0 Å². The van der Waals surface area contributed by atoms with Crippen LogP contribution >= 0.6 is 15.9 Å². The fourth-order valence-corrected chi connectivity index (χ4v) is 3.04. The molecular weight excluding hydrogens is 334 g/mol. The number of likely N-dealkylation sites (tertiary alicyclic amines) is 1. The number of hydrogen-bond acceptors (Lipinski definition) is 2. The van der Waals surface area contributed by atoms with Gasteiger partial charge in [0.05, 0.1) is 0 Å². The fourth-order valence-electron chi connectivity index (χ4n) is 2.60. The maximum Gasteiger partial charge on any atom is 0.268 e. The average molecular weight is 356 g/mol. The van der Waals surface area contributed by atoms with Crippen molar-refractivity contribution in [1.82, 2.24) is 14.8 Å². The first-order valence-corrected chi connectivity index (χ1v) is 8.16. The smallest absolute Gasteiger partial charge is 0.268 e. The van der Waals surface area contributed by atoms with Gasteiger partial charge in [0.25, 0.3) is 5.91 Å². The van der Waals surface area contributed by atoms with Crippen LogP contribution in [0.5, 0.6) is 0 Å². The lowest BCUT2D eigenvalue weighted by Crippen LogP contribution is -2.46. The van der Waals surface area contributed by atoms with Crippen molar-refractivity contribution in [2.75, 3.05) is 13.1 Å². The van der Waals surface area contributed by atoms with Gasteiger partial charge in [0.15, 0.2) is 0 Å². The van der Waals surface area contributed by atoms with Gasteiger partial charge in [-0.25, -0.2) is 0 Å². The van der Waals surface area contributed by atoms with E-state index in [4.69, 9.17) is 0 Å². The summed E-state index contributed by atoms with van der Waals surface area (Å²) in [5, 5.41) is 2.81. The molecule has 2 heterocycles. The molecule has 0 bridgehead atoms. The van der Waals surface area contributed by atoms with Gasteiger partial charge < -0.3 is 14.8 Å². The Hall–Kier alpha value is -1.30. The molecule has 1 aromatic heterocycles. The van der Waals surface area contributed by atoms with E-state index in [1.165, 1.54) is 0 Å². The summed E-state index contributed by atoms with van der Waals surface area (Å²) < 4.78 is 2.76. The molecule has 0 spiro atoms. The SMILES string of the molecule is CC(NC(=O)c1cc(Br)cn1C(C)C)C(=O)N1CCCC1. The number of amides is 2. The van der Waals surface area contributed by atoms with E-state index in [9.17, 15) is 9.59 Å². The molecule has 0 aromatic carbocycles. The van der Waals surface area contributed by atoms with Crippen molar-refractivity contribution in [2.45, 2.75) is 45.7 Å². The molecule has 0 radical (unpaired) electrons. The van der Waals surface area contributed by atoms with Crippen molar-refractivity contribution < 1.29 is 9.59 Å². The molecule has 1 saturated heterocycles. The highest BCUT2D eigenvalue weighted by Crippen LogP contribution is 2.19. The summed E-state index contributed by atoms with van der Waals surface area (Å²) in [5.74, 6) is -0.211. The largest absolute Gasteiger partial charge is 0.341 e. The third-order valence-corrected chi connectivity index (χ3v) is 4.17. The van der Waals surface area contributed by atoms with Gasteiger partial charge in [0.2, 0.25) is 5.91 Å². The molecule has 0 aliphatic carbocycles. The number of carbonyl (C=O) groups is 2. The van der Waals surface area contributed by atoms with E-state index in [2.05, 4.69) is 21.2 Å². The molecule has 1 fully saturated rings. The van der Waals surface area contributed by atoms with Gasteiger partial charge in [-0.2, -0.15) is 0 Å². The lowest BCUT2D eigenvalue weighted by Gasteiger charge is -2.21. The van der Waals surface area contributed by atoms with Gasteiger partial charge in [0.1, 0.15) is 11.7 Å². The molecule has 1 aliphatic rings. The zero-order valence-corrected chi connectivity index (χ0v) is 14.3. The van der Waals surface area contributed by atoms with Crippen molar-refractivity contribution in [3.05, 3.63) is 22.4 Å². The molecule has 2 amide bonds. The predicted octanol–water partition coefficient (Wildman–Crippen LogP) is 2.57. The third kappa shape index (κ3) is 3.67. The summed E-state index contributed by atoms with van der Waals surface area (Å²) in [6.45, 7) is 7.38. The minimum Gasteiger partial charge on any atom is -0.341 e. The summed E-state index contributed by atoms with van der Waals surface area (Å²) in [7, 11) is 0. The van der Waals surface area contributed by atoms with Crippen molar-refractivity contribution in [3.8, 4) is 0 Å². The summed E-state index contributed by atoms with van der Waals surface area (Å²) in [6, 6.07) is 1.47. The van der Waals surface area contributed by atoms with Gasteiger partial charge in [0, 0.05) is 29.8 Å². The Kier molecular flexibility index (Phi) is 5.08. The maximum absolute atomic E-state index is 12.4. The number of aromatic nitrogens is 1. The third-order valence-electron chi connectivity index (χ3n) is 3.74. The Morgan fingerprint density at radius 2 is 1.86 bits per heavy atom. The Bertz CT molecular complexity index is 533. The minimum absolute atomic E-state index is 0.00238. The van der Waals surface area contributed by atoms with Crippen LogP contribution in [0.2, 0.25) is 0 Å². The standard InChI is InChI=1S/C15H22BrN3O2/c1-10(2)19-9-12(16)8-13(19)14(20)17-11(3)15(21)18-6-4-5-7-18/h8-11H,4-7H2,1-3H3,(H,17,20). The van der Waals surface area contributed by atoms with E-state index >= 15 is 0 Å². The Balaban J connectivity index is 2.05. The van der Waals surface area contributed by atoms with Gasteiger partial charge in [-0.1, -0.05) is 0 Å². The van der Waals surface area contributed by atoms with Gasteiger partial charge in [-0.3, -0.25) is 9.59 Å². The highest BCUT2D eigenvalue weighted by molar-refractivity contribution is 9.10. The first-order chi connectivity index (χ1) is 9.90. The van der Waals surface area contributed by atoms with E-state index in [0.717, 1.165) is 30.4 Å². The van der Waals surface area contributed by atoms with Crippen LogP contribution in [0.1, 0.15) is 50.1 Å². The molecule has 1 unspecified atom stereocenters. The number of hydrogen-bond donors (Lipinski definition) is 1. The molecule has 5 nitrogen and oxygen atoms in total. The van der Waals surface area contributed by atoms with Crippen molar-refractivity contribution in [2.24, 2.45) is 0 Å². The highest BCUT2D eigenvalue weighted by atomic mass is 79.9. The summed E-state index contributed by atoms with van der Waals surface area (Å²) in [6.07, 6.45) is 3.98. The number of halogens is 1. The zero-order valence-electron chi connectivity index (χ0n) is 12.7. The normalized spacial score (nSPS) is 16.3. The lowest BCUT2D eigenvalue weighted by atomic mass is 10.2. The Morgan fingerprint density at radius 3 is 2.43 bits per heavy atom. The summed E-state index contributed by atoms with van der Waals surface area (Å²) in [5.41, 5.74) is 0.568. The van der Waals surface area contributed by atoms with E-state index < -0.39 is 6.04 Å². The number of nitrogens with zero attached hydrogens (tertiary/aromatic N) is 2. The molecule has 116 valence electrons. The van der Waals surface area contributed by atoms with Crippen LogP contribution in [0, 0.1) is 0 Å². The van der Waals surface area contributed by atoms with Crippen molar-refractivity contribution >= 4 is 27.7 Å². The van der Waals surface area contributed by atoms with E-state index in [1.54, 1.807) is 13.0 Å². The van der Waals surface area contributed by atoms with Crippen LogP contribution in [0.25, 0.3) is 0 Å². The first kappa shape index (κ1) is 16.1. The number of nitrogens with one attached hydrogen (secondary N) is 1. The second-order valence-electron chi connectivity index (χ2n) is 5.77. The second kappa shape index (κ2) is 6.64. The molecular formula is C15H22BrN3O2. The molecule has 1 aromatic rings. The van der Waals surface area contributed by atoms with Crippen LogP contribution in [0.15, 0.2) is 16.7 Å². The Morgan fingerprint density at radius 1 is 1.24 bits per heavy atom. The van der Waals surface area contributed by atoms with Crippen molar-refractivity contribution in [3.63, 3.8) is 0 Å². The molecule has 6 heteroatoms. The number of rotatable bonds is 4. The van der Waals surface area contributed by atoms with E-state index in [-0.39, 0.29) is 17.9 Å². The summed E-state index contributed by atoms with van der Waals surface area (Å²) >= 11 is 3.39. The van der Waals surface area contributed by atoms with Crippen LogP contribution < -0.4 is 5.32 Å². The Labute approximate surface area is 133 Å². The molecule has 0 saturated carbocycles.